The van der Waals surface area contributed by atoms with E-state index in [1.165, 1.54) is 13.2 Å². The summed E-state index contributed by atoms with van der Waals surface area (Å²) in [6.07, 6.45) is 2.79. The Bertz CT molecular complexity index is 691. The molecule has 0 bridgehead atoms. The maximum Gasteiger partial charge on any atom is 0.320 e. The van der Waals surface area contributed by atoms with E-state index in [4.69, 9.17) is 9.47 Å². The third-order valence-electron chi connectivity index (χ3n) is 3.81. The SMILES string of the molecule is COc1cc(C2=CCN(CC(=O)OC(C)(C)C)CC2)ccc1[N+](=O)[O-]. The highest BCUT2D eigenvalue weighted by Crippen LogP contribution is 2.32. The molecule has 7 heteroatoms. The molecule has 1 heterocycles. The fraction of sp³-hybridized carbons (Fsp3) is 0.500. The summed E-state index contributed by atoms with van der Waals surface area (Å²) in [5.41, 5.74) is 1.46. The number of ether oxygens (including phenoxy) is 2. The molecule has 136 valence electrons. The number of hydrogen-bond donors (Lipinski definition) is 0. The first-order valence-corrected chi connectivity index (χ1v) is 8.15. The lowest BCUT2D eigenvalue weighted by molar-refractivity contribution is -0.385. The highest BCUT2D eigenvalue weighted by molar-refractivity contribution is 5.73. The van der Waals surface area contributed by atoms with E-state index in [0.29, 0.717) is 6.54 Å². The molecule has 1 aromatic rings. The number of benzene rings is 1. The molecule has 0 saturated heterocycles. The van der Waals surface area contributed by atoms with Gasteiger partial charge in [0.1, 0.15) is 5.60 Å². The van der Waals surface area contributed by atoms with Crippen molar-refractivity contribution in [1.82, 2.24) is 4.90 Å². The van der Waals surface area contributed by atoms with Crippen molar-refractivity contribution in [2.24, 2.45) is 0 Å². The number of carbonyl (C=O) groups is 1. The minimum absolute atomic E-state index is 0.0470. The summed E-state index contributed by atoms with van der Waals surface area (Å²) in [4.78, 5) is 24.4. The summed E-state index contributed by atoms with van der Waals surface area (Å²) in [5, 5.41) is 11.0. The molecule has 25 heavy (non-hydrogen) atoms. The van der Waals surface area contributed by atoms with Crippen LogP contribution in [0.4, 0.5) is 5.69 Å². The number of esters is 1. The summed E-state index contributed by atoms with van der Waals surface area (Å²) < 4.78 is 10.5. The first-order chi connectivity index (χ1) is 11.7. The Morgan fingerprint density at radius 2 is 2.08 bits per heavy atom. The van der Waals surface area contributed by atoms with E-state index in [1.54, 1.807) is 12.1 Å². The van der Waals surface area contributed by atoms with Crippen LogP contribution >= 0.6 is 0 Å². The summed E-state index contributed by atoms with van der Waals surface area (Å²) >= 11 is 0. The minimum atomic E-state index is -0.483. The van der Waals surface area contributed by atoms with E-state index in [2.05, 4.69) is 0 Å². The molecule has 0 fully saturated rings. The zero-order valence-electron chi connectivity index (χ0n) is 15.1. The van der Waals surface area contributed by atoms with Gasteiger partial charge in [-0.05, 0) is 50.5 Å². The number of nitro groups is 1. The molecule has 0 saturated carbocycles. The molecule has 0 atom stereocenters. The number of rotatable bonds is 5. The maximum absolute atomic E-state index is 11.9. The molecule has 7 nitrogen and oxygen atoms in total. The topological polar surface area (TPSA) is 81.9 Å². The van der Waals surface area contributed by atoms with Gasteiger partial charge in [0.25, 0.3) is 0 Å². The quantitative estimate of drug-likeness (QED) is 0.462. The Morgan fingerprint density at radius 3 is 2.60 bits per heavy atom. The van der Waals surface area contributed by atoms with Gasteiger partial charge in [0, 0.05) is 19.2 Å². The fourth-order valence-electron chi connectivity index (χ4n) is 2.70. The Kier molecular flexibility index (Phi) is 5.79. The van der Waals surface area contributed by atoms with Crippen LogP contribution in [0.25, 0.3) is 5.57 Å². The predicted molar refractivity (Wildman–Crippen MR) is 94.5 cm³/mol. The van der Waals surface area contributed by atoms with Crippen LogP contribution in [0.15, 0.2) is 24.3 Å². The van der Waals surface area contributed by atoms with Gasteiger partial charge in [0.15, 0.2) is 5.75 Å². The average molecular weight is 348 g/mol. The van der Waals surface area contributed by atoms with E-state index in [9.17, 15) is 14.9 Å². The van der Waals surface area contributed by atoms with Gasteiger partial charge in [-0.15, -0.1) is 0 Å². The molecular formula is C18H24N2O5. The normalized spacial score (nSPS) is 15.4. The van der Waals surface area contributed by atoms with E-state index in [0.717, 1.165) is 24.1 Å². The molecule has 2 rings (SSSR count). The lowest BCUT2D eigenvalue weighted by atomic mass is 9.99. The monoisotopic (exact) mass is 348 g/mol. The molecule has 1 aromatic carbocycles. The Labute approximate surface area is 147 Å². The summed E-state index contributed by atoms with van der Waals surface area (Å²) in [6, 6.07) is 4.88. The predicted octanol–water partition coefficient (Wildman–Crippen LogP) is 3.03. The molecule has 1 aliphatic rings. The second-order valence-corrected chi connectivity index (χ2v) is 6.94. The smallest absolute Gasteiger partial charge is 0.320 e. The first kappa shape index (κ1) is 18.9. The highest BCUT2D eigenvalue weighted by atomic mass is 16.6. The number of nitrogens with zero attached hydrogens (tertiary/aromatic N) is 2. The molecular weight excluding hydrogens is 324 g/mol. The lowest BCUT2D eigenvalue weighted by Crippen LogP contribution is -2.37. The van der Waals surface area contributed by atoms with Gasteiger partial charge in [0.2, 0.25) is 0 Å². The second kappa shape index (κ2) is 7.65. The van der Waals surface area contributed by atoms with E-state index >= 15 is 0 Å². The van der Waals surface area contributed by atoms with Crippen LogP contribution in [0.2, 0.25) is 0 Å². The fourth-order valence-corrected chi connectivity index (χ4v) is 2.70. The first-order valence-electron chi connectivity index (χ1n) is 8.15. The number of nitro benzene ring substituents is 1. The van der Waals surface area contributed by atoms with Crippen LogP contribution in [0.5, 0.6) is 5.75 Å². The van der Waals surface area contributed by atoms with Crippen LogP contribution in [0.3, 0.4) is 0 Å². The van der Waals surface area contributed by atoms with Crippen molar-refractivity contribution >= 4 is 17.2 Å². The van der Waals surface area contributed by atoms with Crippen molar-refractivity contribution in [3.8, 4) is 5.75 Å². The Morgan fingerprint density at radius 1 is 1.36 bits per heavy atom. The van der Waals surface area contributed by atoms with Crippen LogP contribution in [0.1, 0.15) is 32.8 Å². The molecule has 1 aliphatic heterocycles. The van der Waals surface area contributed by atoms with Gasteiger partial charge < -0.3 is 9.47 Å². The molecule has 0 spiro atoms. The lowest BCUT2D eigenvalue weighted by Gasteiger charge is -2.27. The molecule has 0 unspecified atom stereocenters. The second-order valence-electron chi connectivity index (χ2n) is 6.94. The van der Waals surface area contributed by atoms with Crippen LogP contribution in [0, 0.1) is 10.1 Å². The van der Waals surface area contributed by atoms with Crippen molar-refractivity contribution in [1.29, 1.82) is 0 Å². The van der Waals surface area contributed by atoms with Crippen molar-refractivity contribution < 1.29 is 19.2 Å². The number of hydrogen-bond acceptors (Lipinski definition) is 6. The summed E-state index contributed by atoms with van der Waals surface area (Å²) in [5.74, 6) is 0.0148. The van der Waals surface area contributed by atoms with Crippen molar-refractivity contribution in [3.05, 3.63) is 40.0 Å². The van der Waals surface area contributed by atoms with Gasteiger partial charge in [-0.1, -0.05) is 6.08 Å². The largest absolute Gasteiger partial charge is 0.490 e. The van der Waals surface area contributed by atoms with Crippen molar-refractivity contribution in [2.75, 3.05) is 26.7 Å². The maximum atomic E-state index is 11.9. The number of methoxy groups -OCH3 is 1. The standard InChI is InChI=1S/C18H24N2O5/c1-18(2,3)25-17(21)12-19-9-7-13(8-10-19)14-5-6-15(20(22)23)16(11-14)24-4/h5-7,11H,8-10,12H2,1-4H3. The van der Waals surface area contributed by atoms with E-state index < -0.39 is 10.5 Å². The molecule has 0 aromatic heterocycles. The van der Waals surface area contributed by atoms with Gasteiger partial charge in [-0.3, -0.25) is 19.8 Å². The third-order valence-corrected chi connectivity index (χ3v) is 3.81. The highest BCUT2D eigenvalue weighted by Gasteiger charge is 2.22. The van der Waals surface area contributed by atoms with Crippen molar-refractivity contribution in [2.45, 2.75) is 32.8 Å². The Hall–Kier alpha value is -2.41. The van der Waals surface area contributed by atoms with Gasteiger partial charge in [-0.25, -0.2) is 0 Å². The molecule has 0 aliphatic carbocycles. The van der Waals surface area contributed by atoms with Crippen LogP contribution < -0.4 is 4.74 Å². The molecule has 0 amide bonds. The summed E-state index contributed by atoms with van der Waals surface area (Å²) in [6.45, 7) is 7.16. The average Bonchev–Trinajstić information content (AvgIpc) is 2.53. The van der Waals surface area contributed by atoms with Crippen LogP contribution in [-0.2, 0) is 9.53 Å². The minimum Gasteiger partial charge on any atom is -0.490 e. The van der Waals surface area contributed by atoms with Gasteiger partial charge >= 0.3 is 11.7 Å². The van der Waals surface area contributed by atoms with Crippen LogP contribution in [-0.4, -0.2) is 48.1 Å². The van der Waals surface area contributed by atoms with E-state index in [-0.39, 0.29) is 24.0 Å². The van der Waals surface area contributed by atoms with Crippen molar-refractivity contribution in [3.63, 3.8) is 0 Å². The van der Waals surface area contributed by atoms with Gasteiger partial charge in [-0.2, -0.15) is 0 Å². The molecule has 0 radical (unpaired) electrons. The zero-order chi connectivity index (χ0) is 18.6. The molecule has 0 N–H and O–H groups in total. The Balaban J connectivity index is 2.03. The number of carbonyl (C=O) groups excluding carboxylic acids is 1. The zero-order valence-corrected chi connectivity index (χ0v) is 15.1. The summed E-state index contributed by atoms with van der Waals surface area (Å²) in [7, 11) is 1.42. The third kappa shape index (κ3) is 5.29. The van der Waals surface area contributed by atoms with Gasteiger partial charge in [0.05, 0.1) is 18.6 Å². The van der Waals surface area contributed by atoms with E-state index in [1.807, 2.05) is 31.7 Å².